The number of anilines is 1. The summed E-state index contributed by atoms with van der Waals surface area (Å²) in [7, 11) is 1.84. The normalized spacial score (nSPS) is 10.6. The van der Waals surface area contributed by atoms with Crippen LogP contribution in [0, 0.1) is 5.41 Å². The van der Waals surface area contributed by atoms with Crippen LogP contribution in [0.1, 0.15) is 6.42 Å². The predicted octanol–water partition coefficient (Wildman–Crippen LogP) is 2.37. The highest BCUT2D eigenvalue weighted by molar-refractivity contribution is 5.83. The van der Waals surface area contributed by atoms with E-state index in [1.807, 2.05) is 60.1 Å². The Morgan fingerprint density at radius 3 is 2.76 bits per heavy atom. The molecule has 0 bridgehead atoms. The van der Waals surface area contributed by atoms with Crippen molar-refractivity contribution < 1.29 is 0 Å². The first-order valence-corrected chi connectivity index (χ1v) is 8.15. The third kappa shape index (κ3) is 4.27. The molecule has 0 aliphatic heterocycles. The lowest BCUT2D eigenvalue weighted by Crippen LogP contribution is -2.20. The molecule has 3 rings (SSSR count). The van der Waals surface area contributed by atoms with Crippen LogP contribution in [0.2, 0.25) is 0 Å². The molecule has 0 unspecified atom stereocenters. The van der Waals surface area contributed by atoms with Gasteiger partial charge < -0.3 is 16.0 Å². The topological polar surface area (TPSA) is 91.5 Å². The van der Waals surface area contributed by atoms with Crippen molar-refractivity contribution in [2.75, 3.05) is 25.5 Å². The minimum atomic E-state index is 0.606. The summed E-state index contributed by atoms with van der Waals surface area (Å²) in [6.45, 7) is 1.28. The van der Waals surface area contributed by atoms with Crippen LogP contribution in [0.5, 0.6) is 0 Å². The van der Waals surface area contributed by atoms with E-state index in [-0.39, 0.29) is 0 Å². The summed E-state index contributed by atoms with van der Waals surface area (Å²) < 4.78 is 1.91. The van der Waals surface area contributed by atoms with Gasteiger partial charge in [0.1, 0.15) is 17.8 Å². The molecule has 2 aromatic heterocycles. The molecule has 25 heavy (non-hydrogen) atoms. The van der Waals surface area contributed by atoms with E-state index in [9.17, 15) is 0 Å². The number of para-hydroxylation sites is 1. The molecule has 0 atom stereocenters. The Hall–Kier alpha value is -3.06. The molecule has 0 amide bonds. The Labute approximate surface area is 146 Å². The molecule has 0 saturated carbocycles. The van der Waals surface area contributed by atoms with Crippen LogP contribution < -0.4 is 10.6 Å². The number of aromatic nitrogens is 4. The first-order chi connectivity index (χ1) is 12.3. The summed E-state index contributed by atoms with van der Waals surface area (Å²) in [6.07, 6.45) is 2.36. The molecular weight excluding hydrogens is 314 g/mol. The lowest BCUT2D eigenvalue weighted by atomic mass is 10.2. The maximum atomic E-state index is 7.79. The van der Waals surface area contributed by atoms with Crippen LogP contribution in [0.3, 0.4) is 0 Å². The molecule has 2 heterocycles. The van der Waals surface area contributed by atoms with Crippen molar-refractivity contribution in [3.05, 3.63) is 54.9 Å². The van der Waals surface area contributed by atoms with Crippen LogP contribution in [0.4, 0.5) is 5.82 Å². The first kappa shape index (κ1) is 16.8. The van der Waals surface area contributed by atoms with E-state index >= 15 is 0 Å². The smallest absolute Gasteiger partial charge is 0.187 e. The summed E-state index contributed by atoms with van der Waals surface area (Å²) >= 11 is 0. The quantitative estimate of drug-likeness (QED) is 0.550. The molecule has 128 valence electrons. The zero-order chi connectivity index (χ0) is 17.5. The van der Waals surface area contributed by atoms with Crippen LogP contribution in [0.15, 0.2) is 54.9 Å². The Morgan fingerprint density at radius 1 is 1.12 bits per heavy atom. The third-order valence-electron chi connectivity index (χ3n) is 3.68. The van der Waals surface area contributed by atoms with Gasteiger partial charge >= 0.3 is 0 Å². The van der Waals surface area contributed by atoms with Crippen LogP contribution >= 0.6 is 0 Å². The number of pyridine rings is 1. The van der Waals surface area contributed by atoms with Gasteiger partial charge in [0, 0.05) is 30.9 Å². The molecule has 1 aromatic carbocycles. The largest absolute Gasteiger partial charge is 0.370 e. The van der Waals surface area contributed by atoms with Gasteiger partial charge in [0.2, 0.25) is 0 Å². The molecule has 3 N–H and O–H groups in total. The van der Waals surface area contributed by atoms with Gasteiger partial charge in [-0.1, -0.05) is 24.3 Å². The number of nitrogens with zero attached hydrogens (tertiary/aromatic N) is 4. The number of nitrogens with one attached hydrogen (secondary N) is 3. The highest BCUT2D eigenvalue weighted by Crippen LogP contribution is 2.20. The third-order valence-corrected chi connectivity index (χ3v) is 3.68. The maximum Gasteiger partial charge on any atom is 0.187 e. The van der Waals surface area contributed by atoms with Crippen molar-refractivity contribution >= 4 is 11.5 Å². The highest BCUT2D eigenvalue weighted by atomic mass is 15.3. The van der Waals surface area contributed by atoms with Crippen molar-refractivity contribution in [3.63, 3.8) is 0 Å². The molecule has 0 spiro atoms. The first-order valence-electron chi connectivity index (χ1n) is 8.15. The van der Waals surface area contributed by atoms with Crippen molar-refractivity contribution in [1.29, 1.82) is 5.41 Å². The van der Waals surface area contributed by atoms with Gasteiger partial charge in [-0.25, -0.2) is 4.98 Å². The predicted molar refractivity (Wildman–Crippen MR) is 99.4 cm³/mol. The van der Waals surface area contributed by atoms with Crippen LogP contribution in [-0.2, 0) is 0 Å². The van der Waals surface area contributed by atoms with Gasteiger partial charge in [0.05, 0.1) is 0 Å². The molecule has 0 aliphatic carbocycles. The molecule has 3 aromatic rings. The van der Waals surface area contributed by atoms with E-state index in [4.69, 9.17) is 5.41 Å². The van der Waals surface area contributed by atoms with Gasteiger partial charge in [-0.05, 0) is 31.3 Å². The Kier molecular flexibility index (Phi) is 5.48. The number of hydrogen-bond donors (Lipinski definition) is 3. The fourth-order valence-electron chi connectivity index (χ4n) is 2.49. The molecule has 0 radical (unpaired) electrons. The summed E-state index contributed by atoms with van der Waals surface area (Å²) in [5.41, 5.74) is 2.40. The molecule has 0 aliphatic rings. The summed E-state index contributed by atoms with van der Waals surface area (Å²) in [6, 6.07) is 15.7. The maximum absolute atomic E-state index is 7.79. The Bertz CT molecular complexity index is 826. The average molecular weight is 335 g/mol. The molecule has 7 nitrogen and oxygen atoms in total. The van der Waals surface area contributed by atoms with Gasteiger partial charge in [0.15, 0.2) is 5.82 Å². The van der Waals surface area contributed by atoms with E-state index in [0.29, 0.717) is 31.0 Å². The van der Waals surface area contributed by atoms with E-state index < -0.39 is 0 Å². The van der Waals surface area contributed by atoms with Gasteiger partial charge in [0.25, 0.3) is 0 Å². The van der Waals surface area contributed by atoms with Crippen LogP contribution in [-0.4, -0.2) is 45.6 Å². The van der Waals surface area contributed by atoms with E-state index in [0.717, 1.165) is 17.2 Å². The average Bonchev–Trinajstić information content (AvgIpc) is 3.13. The SMILES string of the molecule is CNCC(=N)CCNc1cccc(-c2nncn2-c2ccccc2)n1. The summed E-state index contributed by atoms with van der Waals surface area (Å²) in [4.78, 5) is 4.62. The van der Waals surface area contributed by atoms with Crippen molar-refractivity contribution in [1.82, 2.24) is 25.1 Å². The fraction of sp³-hybridized carbons (Fsp3) is 0.222. The second kappa shape index (κ2) is 8.16. The Morgan fingerprint density at radius 2 is 1.96 bits per heavy atom. The summed E-state index contributed by atoms with van der Waals surface area (Å²) in [5.74, 6) is 1.45. The van der Waals surface area contributed by atoms with E-state index in [2.05, 4.69) is 25.8 Å². The molecular formula is C18H21N7. The molecule has 0 saturated heterocycles. The lowest BCUT2D eigenvalue weighted by Gasteiger charge is -2.09. The molecule has 7 heteroatoms. The van der Waals surface area contributed by atoms with Crippen molar-refractivity contribution in [2.24, 2.45) is 0 Å². The zero-order valence-corrected chi connectivity index (χ0v) is 14.1. The lowest BCUT2D eigenvalue weighted by molar-refractivity contribution is 0.912. The fourth-order valence-corrected chi connectivity index (χ4v) is 2.49. The van der Waals surface area contributed by atoms with Crippen molar-refractivity contribution in [3.8, 4) is 17.2 Å². The highest BCUT2D eigenvalue weighted by Gasteiger charge is 2.10. The van der Waals surface area contributed by atoms with E-state index in [1.54, 1.807) is 6.33 Å². The molecule has 0 fully saturated rings. The standard InChI is InChI=1S/C18H21N7/c1-20-12-14(19)10-11-21-17-9-5-8-16(23-17)18-24-22-13-25(18)15-6-3-2-4-7-15/h2-9,13,19-20H,10-12H2,1H3,(H,21,23). The second-order valence-electron chi connectivity index (χ2n) is 5.58. The Balaban J connectivity index is 1.75. The monoisotopic (exact) mass is 335 g/mol. The van der Waals surface area contributed by atoms with E-state index in [1.165, 1.54) is 0 Å². The minimum absolute atomic E-state index is 0.606. The minimum Gasteiger partial charge on any atom is -0.370 e. The number of rotatable bonds is 8. The van der Waals surface area contributed by atoms with Crippen LogP contribution in [0.25, 0.3) is 17.2 Å². The number of benzene rings is 1. The second-order valence-corrected chi connectivity index (χ2v) is 5.58. The zero-order valence-electron chi connectivity index (χ0n) is 14.1. The van der Waals surface area contributed by atoms with Gasteiger partial charge in [-0.15, -0.1) is 10.2 Å². The summed E-state index contributed by atoms with van der Waals surface area (Å²) in [5, 5.41) is 22.3. The van der Waals surface area contributed by atoms with Crippen molar-refractivity contribution in [2.45, 2.75) is 6.42 Å². The number of hydrogen-bond acceptors (Lipinski definition) is 6. The van der Waals surface area contributed by atoms with Gasteiger partial charge in [-0.3, -0.25) is 4.57 Å². The van der Waals surface area contributed by atoms with Gasteiger partial charge in [-0.2, -0.15) is 0 Å².